The van der Waals surface area contributed by atoms with Crippen LogP contribution in [0.15, 0.2) is 24.5 Å². The summed E-state index contributed by atoms with van der Waals surface area (Å²) in [5.74, 6) is -0.121. The predicted molar refractivity (Wildman–Crippen MR) is 86.5 cm³/mol. The standard InChI is InChI=1S/C17H25N3O3/c1-12-10-20(16(22)23-17(2,3)4)11-14(12)15(21)19-9-13-5-7-18-8-6-13/h5-8,12,14H,9-11H2,1-4H3,(H,19,21)/t12-,14+/m0/s1. The molecular formula is C17H25N3O3. The molecule has 1 aromatic rings. The predicted octanol–water partition coefficient (Wildman–Crippen LogP) is 2.20. The average molecular weight is 319 g/mol. The van der Waals surface area contributed by atoms with Crippen LogP contribution in [0.3, 0.4) is 0 Å². The first kappa shape index (κ1) is 17.2. The Morgan fingerprint density at radius 2 is 1.96 bits per heavy atom. The van der Waals surface area contributed by atoms with Crippen molar-refractivity contribution in [1.29, 1.82) is 0 Å². The Balaban J connectivity index is 1.88. The summed E-state index contributed by atoms with van der Waals surface area (Å²) in [5, 5.41) is 2.93. The Morgan fingerprint density at radius 3 is 2.57 bits per heavy atom. The number of carbonyl (C=O) groups excluding carboxylic acids is 2. The van der Waals surface area contributed by atoms with Gasteiger partial charge in [0.15, 0.2) is 0 Å². The summed E-state index contributed by atoms with van der Waals surface area (Å²) in [4.78, 5) is 30.1. The van der Waals surface area contributed by atoms with E-state index in [4.69, 9.17) is 4.74 Å². The third-order valence-electron chi connectivity index (χ3n) is 3.82. The van der Waals surface area contributed by atoms with Gasteiger partial charge < -0.3 is 15.0 Å². The van der Waals surface area contributed by atoms with Crippen molar-refractivity contribution in [1.82, 2.24) is 15.2 Å². The summed E-state index contributed by atoms with van der Waals surface area (Å²) in [7, 11) is 0. The molecule has 1 N–H and O–H groups in total. The molecule has 23 heavy (non-hydrogen) atoms. The lowest BCUT2D eigenvalue weighted by Gasteiger charge is -2.24. The number of aromatic nitrogens is 1. The molecule has 2 atom stereocenters. The smallest absolute Gasteiger partial charge is 0.410 e. The van der Waals surface area contributed by atoms with E-state index >= 15 is 0 Å². The summed E-state index contributed by atoms with van der Waals surface area (Å²) in [6, 6.07) is 3.73. The van der Waals surface area contributed by atoms with Crippen LogP contribution in [-0.2, 0) is 16.1 Å². The maximum atomic E-state index is 12.4. The highest BCUT2D eigenvalue weighted by molar-refractivity contribution is 5.81. The lowest BCUT2D eigenvalue weighted by atomic mass is 9.97. The minimum Gasteiger partial charge on any atom is -0.444 e. The summed E-state index contributed by atoms with van der Waals surface area (Å²) >= 11 is 0. The number of likely N-dealkylation sites (tertiary alicyclic amines) is 1. The minimum absolute atomic E-state index is 0.0274. The second-order valence-corrected chi connectivity index (χ2v) is 7.04. The quantitative estimate of drug-likeness (QED) is 0.927. The topological polar surface area (TPSA) is 71.5 Å². The monoisotopic (exact) mass is 319 g/mol. The van der Waals surface area contributed by atoms with Crippen molar-refractivity contribution >= 4 is 12.0 Å². The van der Waals surface area contributed by atoms with Gasteiger partial charge in [0.1, 0.15) is 5.60 Å². The first-order valence-corrected chi connectivity index (χ1v) is 7.91. The van der Waals surface area contributed by atoms with Crippen LogP contribution >= 0.6 is 0 Å². The third kappa shape index (κ3) is 4.94. The largest absolute Gasteiger partial charge is 0.444 e. The van der Waals surface area contributed by atoms with Gasteiger partial charge in [-0.15, -0.1) is 0 Å². The fraction of sp³-hybridized carbons (Fsp3) is 0.588. The number of nitrogens with zero attached hydrogens (tertiary/aromatic N) is 2. The van der Waals surface area contributed by atoms with E-state index in [0.717, 1.165) is 5.56 Å². The second kappa shape index (κ2) is 6.98. The highest BCUT2D eigenvalue weighted by Crippen LogP contribution is 2.25. The van der Waals surface area contributed by atoms with Crippen LogP contribution in [0.5, 0.6) is 0 Å². The Kier molecular flexibility index (Phi) is 5.23. The Morgan fingerprint density at radius 1 is 1.30 bits per heavy atom. The van der Waals surface area contributed by atoms with E-state index in [9.17, 15) is 9.59 Å². The highest BCUT2D eigenvalue weighted by Gasteiger charge is 2.38. The lowest BCUT2D eigenvalue weighted by Crippen LogP contribution is -2.37. The molecule has 0 spiro atoms. The van der Waals surface area contributed by atoms with Crippen molar-refractivity contribution < 1.29 is 14.3 Å². The molecule has 2 amide bonds. The van der Waals surface area contributed by atoms with Gasteiger partial charge in [0.05, 0.1) is 5.92 Å². The number of hydrogen-bond acceptors (Lipinski definition) is 4. The molecule has 1 aromatic heterocycles. The van der Waals surface area contributed by atoms with Crippen molar-refractivity contribution in [3.8, 4) is 0 Å². The van der Waals surface area contributed by atoms with Gasteiger partial charge in [0, 0.05) is 32.0 Å². The Bertz CT molecular complexity index is 554. The summed E-state index contributed by atoms with van der Waals surface area (Å²) in [6.45, 7) is 8.91. The van der Waals surface area contributed by atoms with Gasteiger partial charge in [-0.3, -0.25) is 9.78 Å². The van der Waals surface area contributed by atoms with Crippen LogP contribution in [-0.4, -0.2) is 40.6 Å². The molecule has 6 nitrogen and oxygen atoms in total. The zero-order chi connectivity index (χ0) is 17.0. The fourth-order valence-corrected chi connectivity index (χ4v) is 2.60. The van der Waals surface area contributed by atoms with Gasteiger partial charge in [-0.2, -0.15) is 0 Å². The number of nitrogens with one attached hydrogen (secondary N) is 1. The van der Waals surface area contributed by atoms with E-state index in [1.165, 1.54) is 0 Å². The number of ether oxygens (including phenoxy) is 1. The van der Waals surface area contributed by atoms with Crippen molar-refractivity contribution in [2.75, 3.05) is 13.1 Å². The zero-order valence-electron chi connectivity index (χ0n) is 14.2. The van der Waals surface area contributed by atoms with Gasteiger partial charge in [-0.1, -0.05) is 6.92 Å². The number of pyridine rings is 1. The molecule has 1 saturated heterocycles. The molecule has 1 aliphatic heterocycles. The van der Waals surface area contributed by atoms with E-state index in [1.807, 2.05) is 39.8 Å². The molecule has 1 fully saturated rings. The van der Waals surface area contributed by atoms with Crippen molar-refractivity contribution in [2.24, 2.45) is 11.8 Å². The lowest BCUT2D eigenvalue weighted by molar-refractivity contribution is -0.125. The van der Waals surface area contributed by atoms with E-state index < -0.39 is 5.60 Å². The summed E-state index contributed by atoms with van der Waals surface area (Å²) < 4.78 is 5.38. The van der Waals surface area contributed by atoms with Crippen LogP contribution in [0.2, 0.25) is 0 Å². The van der Waals surface area contributed by atoms with E-state index in [1.54, 1.807) is 17.3 Å². The van der Waals surface area contributed by atoms with Gasteiger partial charge in [0.25, 0.3) is 0 Å². The number of rotatable bonds is 3. The SMILES string of the molecule is C[C@H]1CN(C(=O)OC(C)(C)C)C[C@H]1C(=O)NCc1ccncc1. The van der Waals surface area contributed by atoms with Gasteiger partial charge in [-0.05, 0) is 44.4 Å². The highest BCUT2D eigenvalue weighted by atomic mass is 16.6. The number of hydrogen-bond donors (Lipinski definition) is 1. The molecule has 2 heterocycles. The molecule has 2 rings (SSSR count). The van der Waals surface area contributed by atoms with E-state index in [-0.39, 0.29) is 23.8 Å². The van der Waals surface area contributed by atoms with Gasteiger partial charge in [-0.25, -0.2) is 4.79 Å². The molecule has 0 bridgehead atoms. The third-order valence-corrected chi connectivity index (χ3v) is 3.82. The second-order valence-electron chi connectivity index (χ2n) is 7.04. The maximum Gasteiger partial charge on any atom is 0.410 e. The first-order valence-electron chi connectivity index (χ1n) is 7.91. The Hall–Kier alpha value is -2.11. The number of carbonyl (C=O) groups is 2. The van der Waals surface area contributed by atoms with Crippen LogP contribution in [0.25, 0.3) is 0 Å². The zero-order valence-corrected chi connectivity index (χ0v) is 14.2. The normalized spacial score (nSPS) is 21.1. The molecule has 6 heteroatoms. The van der Waals surface area contributed by atoms with E-state index in [0.29, 0.717) is 19.6 Å². The summed E-state index contributed by atoms with van der Waals surface area (Å²) in [6.07, 6.45) is 3.04. The van der Waals surface area contributed by atoms with Crippen LogP contribution in [0, 0.1) is 11.8 Å². The molecular weight excluding hydrogens is 294 g/mol. The fourth-order valence-electron chi connectivity index (χ4n) is 2.60. The number of amides is 2. The first-order chi connectivity index (χ1) is 10.8. The van der Waals surface area contributed by atoms with Crippen molar-refractivity contribution in [2.45, 2.75) is 39.8 Å². The molecule has 0 aromatic carbocycles. The minimum atomic E-state index is -0.526. The summed E-state index contributed by atoms with van der Waals surface area (Å²) in [5.41, 5.74) is 0.477. The maximum absolute atomic E-state index is 12.4. The molecule has 1 aliphatic rings. The van der Waals surface area contributed by atoms with Gasteiger partial charge >= 0.3 is 6.09 Å². The van der Waals surface area contributed by atoms with Crippen molar-refractivity contribution in [3.63, 3.8) is 0 Å². The van der Waals surface area contributed by atoms with Crippen LogP contribution < -0.4 is 5.32 Å². The Labute approximate surface area is 137 Å². The molecule has 126 valence electrons. The average Bonchev–Trinajstić information content (AvgIpc) is 2.86. The molecule has 0 saturated carbocycles. The molecule has 0 unspecified atom stereocenters. The van der Waals surface area contributed by atoms with Crippen LogP contribution in [0.1, 0.15) is 33.3 Å². The van der Waals surface area contributed by atoms with Crippen molar-refractivity contribution in [3.05, 3.63) is 30.1 Å². The molecule has 0 radical (unpaired) electrons. The van der Waals surface area contributed by atoms with Crippen LogP contribution in [0.4, 0.5) is 4.79 Å². The molecule has 0 aliphatic carbocycles. The van der Waals surface area contributed by atoms with Gasteiger partial charge in [0.2, 0.25) is 5.91 Å². The van der Waals surface area contributed by atoms with E-state index in [2.05, 4.69) is 10.3 Å².